The van der Waals surface area contributed by atoms with Crippen molar-refractivity contribution >= 4 is 89.0 Å². The molecule has 0 atom stereocenters. The molecule has 0 aliphatic carbocycles. The minimum atomic E-state index is -5.39. The molecule has 6 heterocycles. The molecule has 6 N–H and O–H groups in total. The highest BCUT2D eigenvalue weighted by molar-refractivity contribution is 7.40. The molecule has 0 fully saturated rings. The number of aromatic nitrogens is 3. The number of rotatable bonds is 3. The van der Waals surface area contributed by atoms with Gasteiger partial charge in [0.25, 0.3) is 0 Å². The normalized spacial score (nSPS) is 11.4. The van der Waals surface area contributed by atoms with Crippen LogP contribution in [0.4, 0.5) is 0 Å². The largest absolute Gasteiger partial charge is 0.822 e. The van der Waals surface area contributed by atoms with Crippen LogP contribution < -0.4 is 42.1 Å². The Hall–Kier alpha value is -8.92. The van der Waals surface area contributed by atoms with E-state index >= 15 is 0 Å². The van der Waals surface area contributed by atoms with Crippen molar-refractivity contribution in [2.24, 2.45) is 0 Å². The molecule has 6 aromatic carbocycles. The van der Waals surface area contributed by atoms with Gasteiger partial charge in [-0.05, 0) is 123 Å². The maximum absolute atomic E-state index is 10.5. The van der Waals surface area contributed by atoms with Crippen LogP contribution in [0, 0.1) is 20.8 Å². The summed E-state index contributed by atoms with van der Waals surface area (Å²) in [5.74, 6) is 2.61. The van der Waals surface area contributed by atoms with Gasteiger partial charge in [0.15, 0.2) is 70.2 Å². The molecule has 0 aliphatic heterocycles. The number of aryl methyl sites for hydroxylation is 3. The summed E-state index contributed by atoms with van der Waals surface area (Å²) in [5, 5.41) is 71.6. The molecular weight excluding hydrogens is 966 g/mol. The molecule has 0 aliphatic rings. The Morgan fingerprint density at radius 2 is 0.635 bits per heavy atom. The van der Waals surface area contributed by atoms with Gasteiger partial charge in [0.1, 0.15) is 17.2 Å². The molecule has 0 saturated heterocycles. The Morgan fingerprint density at radius 1 is 0.378 bits per heavy atom. The van der Waals surface area contributed by atoms with Crippen LogP contribution in [0.25, 0.3) is 81.2 Å². The van der Waals surface area contributed by atoms with E-state index in [4.69, 9.17) is 33.5 Å². The standard InChI is InChI=1S/3C19H15NO3.H3O4P/c3*1-11-18-13(3-6-17(23-2)19(18)22)10-16-15-5-4-14(21)9-12(15)7-8-20(11)16;1-5(2,3)4/h3*3-10H,1-2H3,(H,21,22);(H3,1,2,3,4). The number of methoxy groups -OCH3 is 3. The summed E-state index contributed by atoms with van der Waals surface area (Å²) in [5.41, 5.74) is 5.88. The van der Waals surface area contributed by atoms with Crippen molar-refractivity contribution in [3.63, 3.8) is 0 Å². The predicted octanol–water partition coefficient (Wildman–Crippen LogP) is 7.56. The fourth-order valence-electron chi connectivity index (χ4n) is 9.74. The summed E-state index contributed by atoms with van der Waals surface area (Å²) in [7, 11) is -0.751. The lowest BCUT2D eigenvalue weighted by molar-refractivity contribution is -0.517. The highest BCUT2D eigenvalue weighted by atomic mass is 31.2. The van der Waals surface area contributed by atoms with E-state index in [1.807, 2.05) is 125 Å². The summed E-state index contributed by atoms with van der Waals surface area (Å²) in [6, 6.07) is 39.2. The molecule has 12 aromatic rings. The summed E-state index contributed by atoms with van der Waals surface area (Å²) in [4.78, 5) is 25.6. The highest BCUT2D eigenvalue weighted by Crippen LogP contribution is 2.39. The minimum absolute atomic E-state index is 0.155. The van der Waals surface area contributed by atoms with Gasteiger partial charge in [-0.25, -0.2) is 0 Å². The first-order valence-corrected chi connectivity index (χ1v) is 24.3. The van der Waals surface area contributed by atoms with Crippen molar-refractivity contribution < 1.29 is 77.3 Å². The van der Waals surface area contributed by atoms with Crippen molar-refractivity contribution in [1.82, 2.24) is 0 Å². The quantitative estimate of drug-likeness (QED) is 0.0434. The van der Waals surface area contributed by atoms with Crippen LogP contribution in [0.2, 0.25) is 0 Å². The SMILES string of the molecule is COc1ccc2cc3c4ccc(O)cc4cc[n+]3c(C)c2c1O.COc1ccc2cc3c4ccc(O)cc4cc[n+]3c(C)c2c1O.COc1ccc2cc3c4ccc(O)cc4cc[n+]3c(C)c2c1O.O=P([O-])([O-])[O-]. The van der Waals surface area contributed by atoms with Crippen LogP contribution in [0.3, 0.4) is 0 Å². The van der Waals surface area contributed by atoms with Crippen molar-refractivity contribution in [2.45, 2.75) is 20.8 Å². The number of nitrogens with zero attached hydrogens (tertiary/aromatic N) is 3. The second-order valence-corrected chi connectivity index (χ2v) is 18.3. The van der Waals surface area contributed by atoms with Crippen LogP contribution in [-0.4, -0.2) is 52.0 Å². The van der Waals surface area contributed by atoms with Gasteiger partial charge < -0.3 is 64.1 Å². The van der Waals surface area contributed by atoms with Crippen LogP contribution in [0.5, 0.6) is 51.7 Å². The summed E-state index contributed by atoms with van der Waals surface area (Å²) in [6.07, 6.45) is 5.85. The third-order valence-electron chi connectivity index (χ3n) is 13.1. The van der Waals surface area contributed by atoms with Crippen molar-refractivity contribution in [3.05, 3.63) is 163 Å². The number of hydrogen-bond acceptors (Lipinski definition) is 13. The average molecular weight is 1010 g/mol. The highest BCUT2D eigenvalue weighted by Gasteiger charge is 2.23. The molecule has 374 valence electrons. The molecule has 12 rings (SSSR count). The Labute approximate surface area is 421 Å². The molecular formula is C57H48N3O13P. The molecule has 0 spiro atoms. The molecule has 0 unspecified atom stereocenters. The molecule has 0 amide bonds. The molecule has 16 nitrogen and oxygen atoms in total. The molecule has 0 bridgehead atoms. The minimum Gasteiger partial charge on any atom is -0.822 e. The summed E-state index contributed by atoms with van der Waals surface area (Å²) in [6.45, 7) is 5.92. The van der Waals surface area contributed by atoms with Gasteiger partial charge in [-0.15, -0.1) is 0 Å². The number of benzene rings is 6. The molecule has 0 saturated carbocycles. The summed E-state index contributed by atoms with van der Waals surface area (Å²) < 4.78 is 30.3. The zero-order valence-corrected chi connectivity index (χ0v) is 41.6. The zero-order valence-electron chi connectivity index (χ0n) is 40.7. The van der Waals surface area contributed by atoms with E-state index in [0.717, 1.165) is 98.3 Å². The maximum atomic E-state index is 10.5. The average Bonchev–Trinajstić information content (AvgIpc) is 3.36. The first-order chi connectivity index (χ1) is 35.3. The number of phenols is 6. The first-order valence-electron chi connectivity index (χ1n) is 22.8. The van der Waals surface area contributed by atoms with E-state index in [1.165, 1.54) is 0 Å². The fourth-order valence-corrected chi connectivity index (χ4v) is 9.74. The summed E-state index contributed by atoms with van der Waals surface area (Å²) >= 11 is 0. The Balaban J connectivity index is 0.000000130. The van der Waals surface area contributed by atoms with Crippen LogP contribution in [0.15, 0.2) is 146 Å². The lowest BCUT2D eigenvalue weighted by atomic mass is 10.0. The Kier molecular flexibility index (Phi) is 13.2. The van der Waals surface area contributed by atoms with Gasteiger partial charge in [-0.3, -0.25) is 0 Å². The van der Waals surface area contributed by atoms with E-state index in [1.54, 1.807) is 75.9 Å². The number of pyridine rings is 6. The van der Waals surface area contributed by atoms with E-state index in [9.17, 15) is 30.6 Å². The smallest absolute Gasteiger partial charge is 0.219 e. The van der Waals surface area contributed by atoms with Gasteiger partial charge in [0.2, 0.25) is 16.6 Å². The topological polar surface area (TPSA) is 248 Å². The second kappa shape index (κ2) is 19.6. The van der Waals surface area contributed by atoms with Gasteiger partial charge in [0, 0.05) is 57.2 Å². The fraction of sp³-hybridized carbons (Fsp3) is 0.105. The van der Waals surface area contributed by atoms with Crippen molar-refractivity contribution in [2.75, 3.05) is 21.3 Å². The van der Waals surface area contributed by atoms with Crippen LogP contribution in [0.1, 0.15) is 17.1 Å². The number of phenolic OH excluding ortho intramolecular Hbond substituents is 6. The lowest BCUT2D eigenvalue weighted by Gasteiger charge is -2.36. The molecule has 74 heavy (non-hydrogen) atoms. The Morgan fingerprint density at radius 3 is 0.878 bits per heavy atom. The van der Waals surface area contributed by atoms with Crippen LogP contribution in [-0.2, 0) is 4.57 Å². The number of hydrogen-bond donors (Lipinski definition) is 6. The zero-order chi connectivity index (χ0) is 52.9. The van der Waals surface area contributed by atoms with Gasteiger partial charge in [-0.2, -0.15) is 21.0 Å². The van der Waals surface area contributed by atoms with Gasteiger partial charge >= 0.3 is 0 Å². The monoisotopic (exact) mass is 1010 g/mol. The molecule has 0 radical (unpaired) electrons. The number of ether oxygens (including phenoxy) is 3. The van der Waals surface area contributed by atoms with Gasteiger partial charge in [0.05, 0.1) is 53.6 Å². The maximum Gasteiger partial charge on any atom is 0.219 e. The van der Waals surface area contributed by atoms with Crippen molar-refractivity contribution in [3.8, 4) is 51.7 Å². The molecule has 6 aromatic heterocycles. The van der Waals surface area contributed by atoms with E-state index in [-0.39, 0.29) is 34.5 Å². The predicted molar refractivity (Wildman–Crippen MR) is 275 cm³/mol. The van der Waals surface area contributed by atoms with E-state index < -0.39 is 7.82 Å². The third-order valence-corrected chi connectivity index (χ3v) is 13.1. The van der Waals surface area contributed by atoms with E-state index in [0.29, 0.717) is 17.2 Å². The van der Waals surface area contributed by atoms with E-state index in [2.05, 4.69) is 0 Å². The number of aromatic hydroxyl groups is 6. The van der Waals surface area contributed by atoms with Crippen molar-refractivity contribution in [1.29, 1.82) is 0 Å². The number of fused-ring (bicyclic) bond motifs is 12. The number of phosphoric acid groups is 1. The Bertz CT molecular complexity index is 3870. The van der Waals surface area contributed by atoms with Crippen LogP contribution >= 0.6 is 7.82 Å². The lowest BCUT2D eigenvalue weighted by Crippen LogP contribution is -2.25. The van der Waals surface area contributed by atoms with Gasteiger partial charge in [-0.1, -0.05) is 0 Å². The third kappa shape index (κ3) is 9.25. The second-order valence-electron chi connectivity index (χ2n) is 17.4. The molecule has 17 heteroatoms. The first kappa shape index (κ1) is 50.0.